The molecule has 1 N–H and O–H groups in total. The number of nitrogens with one attached hydrogen (secondary N) is 1. The van der Waals surface area contributed by atoms with Gasteiger partial charge in [-0.2, -0.15) is 0 Å². The van der Waals surface area contributed by atoms with Crippen LogP contribution in [0.3, 0.4) is 0 Å². The molecular weight excluding hydrogens is 494 g/mol. The second kappa shape index (κ2) is 9.64. The highest BCUT2D eigenvalue weighted by molar-refractivity contribution is 7.09. The fourth-order valence-electron chi connectivity index (χ4n) is 4.11. The lowest BCUT2D eigenvalue weighted by Gasteiger charge is -2.21. The van der Waals surface area contributed by atoms with Crippen molar-refractivity contribution in [1.29, 1.82) is 0 Å². The Morgan fingerprint density at radius 3 is 2.56 bits per heavy atom. The Kier molecular flexibility index (Phi) is 6.38. The van der Waals surface area contributed by atoms with Crippen molar-refractivity contribution in [2.24, 2.45) is 0 Å². The number of pyridine rings is 1. The molecule has 2 aromatic carbocycles. The summed E-state index contributed by atoms with van der Waals surface area (Å²) in [6.45, 7) is 5.48. The van der Waals surface area contributed by atoms with Crippen molar-refractivity contribution in [3.63, 3.8) is 0 Å². The maximum Gasteiger partial charge on any atom is 0.272 e. The number of para-hydroxylation sites is 1. The van der Waals surface area contributed by atoms with Gasteiger partial charge in [0, 0.05) is 16.8 Å². The van der Waals surface area contributed by atoms with Gasteiger partial charge in [0.05, 0.1) is 33.3 Å². The van der Waals surface area contributed by atoms with Crippen LogP contribution >= 0.6 is 22.9 Å². The van der Waals surface area contributed by atoms with E-state index < -0.39 is 6.04 Å². The molecule has 0 saturated heterocycles. The van der Waals surface area contributed by atoms with Crippen LogP contribution in [0.15, 0.2) is 71.0 Å². The number of carbonyl (C=O) groups excluding carboxylic acids is 1. The van der Waals surface area contributed by atoms with Crippen molar-refractivity contribution < 1.29 is 4.79 Å². The zero-order valence-corrected chi connectivity index (χ0v) is 21.4. The van der Waals surface area contributed by atoms with E-state index in [9.17, 15) is 9.59 Å². The van der Waals surface area contributed by atoms with Gasteiger partial charge in [0.2, 0.25) is 0 Å². The van der Waals surface area contributed by atoms with Gasteiger partial charge in [-0.1, -0.05) is 41.9 Å². The van der Waals surface area contributed by atoms with Crippen molar-refractivity contribution in [2.45, 2.75) is 26.8 Å². The number of rotatable bonds is 5. The predicted octanol–water partition coefficient (Wildman–Crippen LogP) is 5.67. The van der Waals surface area contributed by atoms with Gasteiger partial charge in [-0.15, -0.1) is 11.3 Å². The summed E-state index contributed by atoms with van der Waals surface area (Å²) >= 11 is 7.91. The summed E-state index contributed by atoms with van der Waals surface area (Å²) in [4.78, 5) is 40.3. The van der Waals surface area contributed by atoms with E-state index >= 15 is 0 Å². The van der Waals surface area contributed by atoms with Crippen LogP contribution in [-0.2, 0) is 0 Å². The minimum absolute atomic E-state index is 0.211. The van der Waals surface area contributed by atoms with Crippen molar-refractivity contribution in [3.8, 4) is 17.1 Å². The first-order valence-electron chi connectivity index (χ1n) is 11.3. The molecule has 0 saturated carbocycles. The van der Waals surface area contributed by atoms with Crippen molar-refractivity contribution in [3.05, 3.63) is 104 Å². The minimum atomic E-state index is -0.528. The number of benzene rings is 2. The third-order valence-corrected chi connectivity index (χ3v) is 6.97. The smallest absolute Gasteiger partial charge is 0.272 e. The molecule has 0 unspecified atom stereocenters. The van der Waals surface area contributed by atoms with Crippen LogP contribution in [0.2, 0.25) is 5.02 Å². The summed E-state index contributed by atoms with van der Waals surface area (Å²) in [5.74, 6) is -0.389. The first-order chi connectivity index (χ1) is 17.3. The van der Waals surface area contributed by atoms with E-state index in [1.807, 2.05) is 61.7 Å². The molecule has 5 aromatic rings. The zero-order chi connectivity index (χ0) is 25.4. The summed E-state index contributed by atoms with van der Waals surface area (Å²) in [5, 5.41) is 7.30. The molecule has 180 valence electrons. The molecule has 5 rings (SSSR count). The van der Waals surface area contributed by atoms with E-state index in [0.717, 1.165) is 5.01 Å². The molecule has 0 radical (unpaired) electrons. The van der Waals surface area contributed by atoms with Crippen LogP contribution in [0.5, 0.6) is 0 Å². The molecule has 0 aliphatic rings. The second-order valence-corrected chi connectivity index (χ2v) is 9.85. The summed E-state index contributed by atoms with van der Waals surface area (Å²) in [7, 11) is 0. The number of amides is 1. The molecule has 7 nitrogen and oxygen atoms in total. The third kappa shape index (κ3) is 4.41. The van der Waals surface area contributed by atoms with E-state index in [0.29, 0.717) is 44.3 Å². The number of hydrogen-bond acceptors (Lipinski definition) is 6. The SMILES string of the molecule is Cc1nc(-c2cnc(C)c(C(=O)N[C@@H](C)c3cc4cccc(Cl)c4c(=O)n3-c3ccccc3)n2)cs1. The van der Waals surface area contributed by atoms with Gasteiger partial charge in [0.1, 0.15) is 17.1 Å². The molecule has 3 heterocycles. The first kappa shape index (κ1) is 23.8. The number of carbonyl (C=O) groups is 1. The van der Waals surface area contributed by atoms with Crippen LogP contribution < -0.4 is 10.9 Å². The van der Waals surface area contributed by atoms with Crippen molar-refractivity contribution in [1.82, 2.24) is 24.8 Å². The summed E-state index contributed by atoms with van der Waals surface area (Å²) in [6.07, 6.45) is 1.62. The van der Waals surface area contributed by atoms with Gasteiger partial charge in [0.25, 0.3) is 11.5 Å². The maximum atomic E-state index is 13.6. The fourth-order valence-corrected chi connectivity index (χ4v) is 4.98. The number of fused-ring (bicyclic) bond motifs is 1. The van der Waals surface area contributed by atoms with Gasteiger partial charge in [-0.05, 0) is 50.4 Å². The van der Waals surface area contributed by atoms with Crippen LogP contribution in [0.4, 0.5) is 0 Å². The highest BCUT2D eigenvalue weighted by atomic mass is 35.5. The highest BCUT2D eigenvalue weighted by Gasteiger charge is 2.22. The Bertz CT molecular complexity index is 1660. The molecule has 0 aliphatic heterocycles. The predicted molar refractivity (Wildman–Crippen MR) is 143 cm³/mol. The Labute approximate surface area is 216 Å². The lowest BCUT2D eigenvalue weighted by Crippen LogP contribution is -2.33. The summed E-state index contributed by atoms with van der Waals surface area (Å²) in [5.41, 5.74) is 2.96. The van der Waals surface area contributed by atoms with E-state index in [-0.39, 0.29) is 17.2 Å². The van der Waals surface area contributed by atoms with E-state index in [4.69, 9.17) is 11.6 Å². The molecule has 1 atom stereocenters. The van der Waals surface area contributed by atoms with Crippen molar-refractivity contribution in [2.75, 3.05) is 0 Å². The maximum absolute atomic E-state index is 13.6. The lowest BCUT2D eigenvalue weighted by atomic mass is 10.1. The number of hydrogen-bond donors (Lipinski definition) is 1. The van der Waals surface area contributed by atoms with Gasteiger partial charge in [-0.25, -0.2) is 9.97 Å². The molecular formula is C27H22ClN5O2S. The first-order valence-corrected chi connectivity index (χ1v) is 12.6. The Morgan fingerprint density at radius 1 is 1.06 bits per heavy atom. The summed E-state index contributed by atoms with van der Waals surface area (Å²) in [6, 6.07) is 16.0. The van der Waals surface area contributed by atoms with E-state index in [1.54, 1.807) is 29.8 Å². The van der Waals surface area contributed by atoms with Gasteiger partial charge >= 0.3 is 0 Å². The van der Waals surface area contributed by atoms with Crippen LogP contribution in [0.25, 0.3) is 27.8 Å². The number of halogens is 1. The van der Waals surface area contributed by atoms with E-state index in [2.05, 4.69) is 20.3 Å². The average molecular weight is 516 g/mol. The second-order valence-electron chi connectivity index (χ2n) is 8.39. The largest absolute Gasteiger partial charge is 0.343 e. The Balaban J connectivity index is 1.57. The quantitative estimate of drug-likeness (QED) is 0.326. The van der Waals surface area contributed by atoms with Gasteiger partial charge in [0.15, 0.2) is 0 Å². The standard InChI is InChI=1S/C27H22ClN5O2S/c1-15(30-26(34)25-16(2)29-13-21(32-25)22-14-36-17(3)31-22)23-12-18-8-7-11-20(28)24(18)27(35)33(23)19-9-5-4-6-10-19/h4-15H,1-3H3,(H,30,34)/t15-/m0/s1. The normalized spacial score (nSPS) is 12.0. The fraction of sp³-hybridized carbons (Fsp3) is 0.148. The molecule has 36 heavy (non-hydrogen) atoms. The number of aromatic nitrogens is 4. The van der Waals surface area contributed by atoms with Crippen LogP contribution in [0, 0.1) is 13.8 Å². The molecule has 9 heteroatoms. The molecule has 3 aromatic heterocycles. The molecule has 1 amide bonds. The monoisotopic (exact) mass is 515 g/mol. The molecule has 0 aliphatic carbocycles. The Hall–Kier alpha value is -3.88. The molecule has 0 bridgehead atoms. The Morgan fingerprint density at radius 2 is 1.83 bits per heavy atom. The lowest BCUT2D eigenvalue weighted by molar-refractivity contribution is 0.0932. The average Bonchev–Trinajstić information content (AvgIpc) is 3.30. The van der Waals surface area contributed by atoms with Gasteiger partial charge in [-0.3, -0.25) is 19.1 Å². The van der Waals surface area contributed by atoms with Crippen LogP contribution in [0.1, 0.15) is 39.8 Å². The highest BCUT2D eigenvalue weighted by Crippen LogP contribution is 2.26. The minimum Gasteiger partial charge on any atom is -0.343 e. The van der Waals surface area contributed by atoms with Crippen LogP contribution in [-0.4, -0.2) is 25.4 Å². The zero-order valence-electron chi connectivity index (χ0n) is 19.8. The topological polar surface area (TPSA) is 89.8 Å². The number of nitrogens with zero attached hydrogens (tertiary/aromatic N) is 4. The molecule has 0 spiro atoms. The van der Waals surface area contributed by atoms with Gasteiger partial charge < -0.3 is 5.32 Å². The van der Waals surface area contributed by atoms with E-state index in [1.165, 1.54) is 11.3 Å². The number of thiazole rings is 1. The summed E-state index contributed by atoms with van der Waals surface area (Å²) < 4.78 is 1.59. The molecule has 0 fully saturated rings. The van der Waals surface area contributed by atoms with Crippen molar-refractivity contribution >= 4 is 39.6 Å². The number of aryl methyl sites for hydroxylation is 2. The third-order valence-electron chi connectivity index (χ3n) is 5.88.